The van der Waals surface area contributed by atoms with Gasteiger partial charge in [0.25, 0.3) is 5.91 Å². The molecule has 2 N–H and O–H groups in total. The topological polar surface area (TPSA) is 64.7 Å². The summed E-state index contributed by atoms with van der Waals surface area (Å²) >= 11 is 12.1. The summed E-state index contributed by atoms with van der Waals surface area (Å²) in [6.07, 6.45) is 1.41. The van der Waals surface area contributed by atoms with Crippen LogP contribution in [-0.2, 0) is 4.79 Å². The minimum atomic E-state index is -0.339. The van der Waals surface area contributed by atoms with Crippen LogP contribution in [0.25, 0.3) is 0 Å². The highest BCUT2D eigenvalue weighted by molar-refractivity contribution is 6.42. The summed E-state index contributed by atoms with van der Waals surface area (Å²) in [5, 5.41) is 7.31. The number of carbonyl (C=O) groups excluding carboxylic acids is 2. The van der Waals surface area contributed by atoms with Crippen LogP contribution < -0.4 is 10.6 Å². The fourth-order valence-corrected chi connectivity index (χ4v) is 5.27. The molecule has 3 aromatic carbocycles. The molecule has 0 bridgehead atoms. The zero-order chi connectivity index (χ0) is 27.8. The predicted octanol–water partition coefficient (Wildman–Crippen LogP) is 5.07. The lowest BCUT2D eigenvalue weighted by Gasteiger charge is -2.29. The minimum Gasteiger partial charge on any atom is -0.350 e. The third kappa shape index (κ3) is 8.05. The number of carbonyl (C=O) groups is 2. The molecule has 2 amide bonds. The van der Waals surface area contributed by atoms with Crippen LogP contribution in [0.2, 0.25) is 10.0 Å². The van der Waals surface area contributed by atoms with Crippen molar-refractivity contribution in [1.82, 2.24) is 20.4 Å². The second kappa shape index (κ2) is 13.9. The number of nitrogens with zero attached hydrogens (tertiary/aromatic N) is 2. The molecule has 8 heteroatoms. The fourth-order valence-electron chi connectivity index (χ4n) is 4.97. The molecular weight excluding hydrogens is 531 g/mol. The van der Waals surface area contributed by atoms with Crippen molar-refractivity contribution in [2.24, 2.45) is 0 Å². The molecule has 0 spiro atoms. The SMILES string of the molecule is CN(C)CC[C@H]1N[C@@H](CNC(=O)c2ccc(Cl)c(Cl)c2)CCN(CC(c2ccccc2)c2ccccc2)C1=O. The average molecular weight is 568 g/mol. The lowest BCUT2D eigenvalue weighted by atomic mass is 9.90. The van der Waals surface area contributed by atoms with E-state index in [-0.39, 0.29) is 29.8 Å². The maximum Gasteiger partial charge on any atom is 0.251 e. The predicted molar refractivity (Wildman–Crippen MR) is 159 cm³/mol. The molecule has 0 aliphatic carbocycles. The lowest BCUT2D eigenvalue weighted by molar-refractivity contribution is -0.133. The van der Waals surface area contributed by atoms with Crippen molar-refractivity contribution in [2.75, 3.05) is 40.3 Å². The third-order valence-electron chi connectivity index (χ3n) is 7.16. The van der Waals surface area contributed by atoms with Gasteiger partial charge in [-0.2, -0.15) is 0 Å². The van der Waals surface area contributed by atoms with Gasteiger partial charge in [0, 0.05) is 37.2 Å². The van der Waals surface area contributed by atoms with Crippen molar-refractivity contribution in [3.63, 3.8) is 0 Å². The van der Waals surface area contributed by atoms with E-state index in [1.165, 1.54) is 11.1 Å². The van der Waals surface area contributed by atoms with E-state index in [1.54, 1.807) is 18.2 Å². The van der Waals surface area contributed by atoms with E-state index in [0.717, 1.165) is 13.0 Å². The van der Waals surface area contributed by atoms with E-state index < -0.39 is 0 Å². The van der Waals surface area contributed by atoms with Gasteiger partial charge in [-0.15, -0.1) is 0 Å². The summed E-state index contributed by atoms with van der Waals surface area (Å²) in [6.45, 7) is 2.38. The monoisotopic (exact) mass is 566 g/mol. The number of nitrogens with one attached hydrogen (secondary N) is 2. The Bertz CT molecular complexity index is 1200. The highest BCUT2D eigenvalue weighted by atomic mass is 35.5. The van der Waals surface area contributed by atoms with E-state index in [0.29, 0.717) is 41.7 Å². The Morgan fingerprint density at radius 1 is 1.00 bits per heavy atom. The molecule has 1 fully saturated rings. The van der Waals surface area contributed by atoms with Gasteiger partial charge in [0.2, 0.25) is 5.91 Å². The van der Waals surface area contributed by atoms with Gasteiger partial charge in [0.15, 0.2) is 0 Å². The van der Waals surface area contributed by atoms with E-state index in [4.69, 9.17) is 23.2 Å². The van der Waals surface area contributed by atoms with Gasteiger partial charge in [-0.05, 0) is 62.8 Å². The smallest absolute Gasteiger partial charge is 0.251 e. The third-order valence-corrected chi connectivity index (χ3v) is 7.90. The molecule has 1 heterocycles. The van der Waals surface area contributed by atoms with Crippen molar-refractivity contribution in [3.05, 3.63) is 106 Å². The summed E-state index contributed by atoms with van der Waals surface area (Å²) in [4.78, 5) is 30.7. The molecule has 0 radical (unpaired) electrons. The number of amides is 2. The second-order valence-electron chi connectivity index (χ2n) is 10.3. The summed E-state index contributed by atoms with van der Waals surface area (Å²) in [6, 6.07) is 25.2. The molecule has 0 saturated carbocycles. The van der Waals surface area contributed by atoms with Gasteiger partial charge in [-0.3, -0.25) is 9.59 Å². The van der Waals surface area contributed by atoms with E-state index in [2.05, 4.69) is 39.8 Å². The first-order chi connectivity index (χ1) is 18.8. The largest absolute Gasteiger partial charge is 0.350 e. The van der Waals surface area contributed by atoms with Crippen molar-refractivity contribution in [1.29, 1.82) is 0 Å². The number of hydrogen-bond acceptors (Lipinski definition) is 4. The molecule has 4 rings (SSSR count). The van der Waals surface area contributed by atoms with Crippen molar-refractivity contribution in [3.8, 4) is 0 Å². The Morgan fingerprint density at radius 2 is 1.64 bits per heavy atom. The molecule has 1 aliphatic rings. The molecule has 1 saturated heterocycles. The number of benzene rings is 3. The Balaban J connectivity index is 1.50. The maximum atomic E-state index is 13.9. The zero-order valence-electron chi connectivity index (χ0n) is 22.4. The van der Waals surface area contributed by atoms with Crippen molar-refractivity contribution < 1.29 is 9.59 Å². The van der Waals surface area contributed by atoms with Crippen LogP contribution in [0, 0.1) is 0 Å². The van der Waals surface area contributed by atoms with Crippen LogP contribution in [0.5, 0.6) is 0 Å². The van der Waals surface area contributed by atoms with E-state index >= 15 is 0 Å². The Morgan fingerprint density at radius 3 is 2.23 bits per heavy atom. The summed E-state index contributed by atoms with van der Waals surface area (Å²) < 4.78 is 0. The molecule has 0 aromatic heterocycles. The molecular formula is C31H36Cl2N4O2. The summed E-state index contributed by atoms with van der Waals surface area (Å²) in [7, 11) is 4.02. The normalized spacial score (nSPS) is 17.9. The standard InChI is InChI=1S/C31H36Cl2N4O2/c1-36(2)17-16-29-31(39)37(21-26(22-9-5-3-6-10-22)23-11-7-4-8-12-23)18-15-25(35-29)20-34-30(38)24-13-14-27(32)28(33)19-24/h3-14,19,25-26,29,35H,15-18,20-21H2,1-2H3,(H,34,38)/t25-,29-/m1/s1. The quantitative estimate of drug-likeness (QED) is 0.359. The Labute approximate surface area is 241 Å². The van der Waals surface area contributed by atoms with Crippen molar-refractivity contribution in [2.45, 2.75) is 30.8 Å². The first-order valence-corrected chi connectivity index (χ1v) is 14.1. The molecule has 1 aliphatic heterocycles. The van der Waals surface area contributed by atoms with Crippen LogP contribution in [0.15, 0.2) is 78.9 Å². The number of hydrogen-bond donors (Lipinski definition) is 2. The summed E-state index contributed by atoms with van der Waals surface area (Å²) in [5.41, 5.74) is 2.82. The second-order valence-corrected chi connectivity index (χ2v) is 11.1. The fraction of sp³-hybridized carbons (Fsp3) is 0.355. The molecule has 6 nitrogen and oxygen atoms in total. The van der Waals surface area contributed by atoms with Gasteiger partial charge >= 0.3 is 0 Å². The molecule has 2 atom stereocenters. The minimum absolute atomic E-state index is 0.0512. The van der Waals surface area contributed by atoms with Gasteiger partial charge in [-0.1, -0.05) is 83.9 Å². The molecule has 39 heavy (non-hydrogen) atoms. The maximum absolute atomic E-state index is 13.9. The first kappa shape index (κ1) is 29.1. The van der Waals surface area contributed by atoms with E-state index in [9.17, 15) is 9.59 Å². The summed E-state index contributed by atoms with van der Waals surface area (Å²) in [5.74, 6) is -0.0513. The zero-order valence-corrected chi connectivity index (χ0v) is 24.0. The molecule has 0 unspecified atom stereocenters. The number of rotatable bonds is 10. The highest BCUT2D eigenvalue weighted by Gasteiger charge is 2.32. The van der Waals surface area contributed by atoms with Crippen LogP contribution in [0.3, 0.4) is 0 Å². The molecule has 206 valence electrons. The Hall–Kier alpha value is -2.90. The van der Waals surface area contributed by atoms with Crippen LogP contribution in [0.1, 0.15) is 40.2 Å². The van der Waals surface area contributed by atoms with Gasteiger partial charge < -0.3 is 20.4 Å². The van der Waals surface area contributed by atoms with Gasteiger partial charge in [0.05, 0.1) is 16.1 Å². The average Bonchev–Trinajstić information content (AvgIpc) is 3.09. The first-order valence-electron chi connectivity index (χ1n) is 13.3. The van der Waals surface area contributed by atoms with Crippen LogP contribution in [-0.4, -0.2) is 74.0 Å². The lowest BCUT2D eigenvalue weighted by Crippen LogP contribution is -2.50. The van der Waals surface area contributed by atoms with Gasteiger partial charge in [-0.25, -0.2) is 0 Å². The number of halogens is 2. The van der Waals surface area contributed by atoms with Crippen LogP contribution >= 0.6 is 23.2 Å². The highest BCUT2D eigenvalue weighted by Crippen LogP contribution is 2.27. The van der Waals surface area contributed by atoms with Crippen LogP contribution in [0.4, 0.5) is 0 Å². The Kier molecular flexibility index (Phi) is 10.4. The van der Waals surface area contributed by atoms with E-state index in [1.807, 2.05) is 55.4 Å². The molecule has 3 aromatic rings. The van der Waals surface area contributed by atoms with Gasteiger partial charge in [0.1, 0.15) is 0 Å². The van der Waals surface area contributed by atoms with Crippen molar-refractivity contribution >= 4 is 35.0 Å².